The van der Waals surface area contributed by atoms with E-state index in [1.54, 1.807) is 0 Å². The van der Waals surface area contributed by atoms with Crippen LogP contribution in [-0.2, 0) is 11.4 Å². The molecule has 0 aliphatic rings. The Hall–Kier alpha value is -1.45. The summed E-state index contributed by atoms with van der Waals surface area (Å²) in [5.74, 6) is 0. The number of rotatable bonds is 3. The molecule has 0 fully saturated rings. The predicted molar refractivity (Wildman–Crippen MR) is 69.4 cm³/mol. The van der Waals surface area contributed by atoms with Gasteiger partial charge in [0.25, 0.3) is 0 Å². The Balaban J connectivity index is 2.13. The molecule has 0 aliphatic heterocycles. The third-order valence-corrected chi connectivity index (χ3v) is 2.36. The quantitative estimate of drug-likeness (QED) is 0.823. The van der Waals surface area contributed by atoms with Crippen molar-refractivity contribution in [1.82, 2.24) is 10.5 Å². The van der Waals surface area contributed by atoms with E-state index >= 15 is 0 Å². The summed E-state index contributed by atoms with van der Waals surface area (Å²) in [4.78, 5) is 9.91. The van der Waals surface area contributed by atoms with Gasteiger partial charge in [0.15, 0.2) is 0 Å². The highest BCUT2D eigenvalue weighted by molar-refractivity contribution is 5.81. The molecule has 2 aromatic rings. The van der Waals surface area contributed by atoms with Crippen molar-refractivity contribution in [3.63, 3.8) is 0 Å². The molecule has 1 aromatic carbocycles. The van der Waals surface area contributed by atoms with Crippen LogP contribution in [0.25, 0.3) is 10.9 Å². The second kappa shape index (κ2) is 4.82. The summed E-state index contributed by atoms with van der Waals surface area (Å²) < 4.78 is 0. The molecule has 1 N–H and O–H groups in total. The summed E-state index contributed by atoms with van der Waals surface area (Å²) in [7, 11) is 0. The minimum Gasteiger partial charge on any atom is -0.296 e. The molecular formula is C14H18N2O. The van der Waals surface area contributed by atoms with E-state index in [1.807, 2.05) is 39.1 Å². The number of aromatic nitrogens is 1. The van der Waals surface area contributed by atoms with E-state index in [0.29, 0.717) is 6.54 Å². The van der Waals surface area contributed by atoms with Gasteiger partial charge in [0.05, 0.1) is 11.1 Å². The van der Waals surface area contributed by atoms with Crippen LogP contribution in [0.1, 0.15) is 26.3 Å². The third-order valence-electron chi connectivity index (χ3n) is 2.36. The first-order chi connectivity index (χ1) is 8.06. The molecule has 17 heavy (non-hydrogen) atoms. The fourth-order valence-corrected chi connectivity index (χ4v) is 1.64. The number of fused-ring (bicyclic) bond motifs is 1. The first-order valence-corrected chi connectivity index (χ1v) is 5.80. The van der Waals surface area contributed by atoms with Gasteiger partial charge in [-0.25, -0.2) is 0 Å². The van der Waals surface area contributed by atoms with Crippen LogP contribution in [0.15, 0.2) is 36.5 Å². The SMILES string of the molecule is CC(C)(C)ONCc1cccc2cccnc12. The van der Waals surface area contributed by atoms with Crippen molar-refractivity contribution in [3.8, 4) is 0 Å². The number of para-hydroxylation sites is 1. The smallest absolute Gasteiger partial charge is 0.0813 e. The van der Waals surface area contributed by atoms with Gasteiger partial charge < -0.3 is 0 Å². The molecule has 1 heterocycles. The fraction of sp³-hybridized carbons (Fsp3) is 0.357. The first kappa shape index (κ1) is 12.0. The number of hydrogen-bond donors (Lipinski definition) is 1. The molecule has 1 aromatic heterocycles. The van der Waals surface area contributed by atoms with Gasteiger partial charge in [-0.3, -0.25) is 9.82 Å². The molecule has 90 valence electrons. The van der Waals surface area contributed by atoms with E-state index in [4.69, 9.17) is 4.84 Å². The molecule has 0 saturated heterocycles. The number of nitrogens with one attached hydrogen (secondary N) is 1. The van der Waals surface area contributed by atoms with Crippen molar-refractivity contribution in [1.29, 1.82) is 0 Å². The van der Waals surface area contributed by atoms with E-state index in [-0.39, 0.29) is 5.60 Å². The molecule has 0 aliphatic carbocycles. The zero-order valence-corrected chi connectivity index (χ0v) is 10.5. The van der Waals surface area contributed by atoms with Gasteiger partial charge in [-0.15, -0.1) is 0 Å². The summed E-state index contributed by atoms with van der Waals surface area (Å²) in [6.45, 7) is 6.70. The molecule has 0 amide bonds. The molecule has 0 unspecified atom stereocenters. The Labute approximate surface area is 102 Å². The second-order valence-corrected chi connectivity index (χ2v) is 5.03. The van der Waals surface area contributed by atoms with Crippen molar-refractivity contribution < 1.29 is 4.84 Å². The number of pyridine rings is 1. The maximum absolute atomic E-state index is 5.50. The average molecular weight is 230 g/mol. The lowest BCUT2D eigenvalue weighted by atomic mass is 10.1. The largest absolute Gasteiger partial charge is 0.296 e. The van der Waals surface area contributed by atoms with E-state index in [1.165, 1.54) is 0 Å². The van der Waals surface area contributed by atoms with Gasteiger partial charge >= 0.3 is 0 Å². The van der Waals surface area contributed by atoms with E-state index < -0.39 is 0 Å². The van der Waals surface area contributed by atoms with Gasteiger partial charge in [-0.1, -0.05) is 24.3 Å². The number of benzene rings is 1. The number of hydrogen-bond acceptors (Lipinski definition) is 3. The van der Waals surface area contributed by atoms with Crippen molar-refractivity contribution in [2.24, 2.45) is 0 Å². The molecule has 0 atom stereocenters. The van der Waals surface area contributed by atoms with Gasteiger partial charge in [0.2, 0.25) is 0 Å². The highest BCUT2D eigenvalue weighted by Crippen LogP contribution is 2.16. The lowest BCUT2D eigenvalue weighted by Gasteiger charge is -2.19. The van der Waals surface area contributed by atoms with Crippen molar-refractivity contribution >= 4 is 10.9 Å². The zero-order valence-electron chi connectivity index (χ0n) is 10.5. The molecule has 0 spiro atoms. The summed E-state index contributed by atoms with van der Waals surface area (Å²) in [5, 5.41) is 1.16. The zero-order chi connectivity index (χ0) is 12.3. The fourth-order valence-electron chi connectivity index (χ4n) is 1.64. The van der Waals surface area contributed by atoms with E-state index in [0.717, 1.165) is 16.5 Å². The van der Waals surface area contributed by atoms with Crippen LogP contribution >= 0.6 is 0 Å². The first-order valence-electron chi connectivity index (χ1n) is 5.80. The van der Waals surface area contributed by atoms with Crippen LogP contribution in [0.4, 0.5) is 0 Å². The van der Waals surface area contributed by atoms with Crippen molar-refractivity contribution in [3.05, 3.63) is 42.1 Å². The lowest BCUT2D eigenvalue weighted by Crippen LogP contribution is -2.28. The van der Waals surface area contributed by atoms with Crippen LogP contribution in [0.3, 0.4) is 0 Å². The summed E-state index contributed by atoms with van der Waals surface area (Å²) >= 11 is 0. The molecule has 0 radical (unpaired) electrons. The number of nitrogens with zero attached hydrogens (tertiary/aromatic N) is 1. The predicted octanol–water partition coefficient (Wildman–Crippen LogP) is 3.05. The number of hydroxylamine groups is 1. The highest BCUT2D eigenvalue weighted by atomic mass is 16.7. The van der Waals surface area contributed by atoms with Crippen LogP contribution in [0.2, 0.25) is 0 Å². The average Bonchev–Trinajstić information content (AvgIpc) is 2.28. The van der Waals surface area contributed by atoms with Crippen molar-refractivity contribution in [2.45, 2.75) is 32.9 Å². The standard InChI is InChI=1S/C14H18N2O/c1-14(2,3)17-16-10-12-7-4-6-11-8-5-9-15-13(11)12/h4-9,16H,10H2,1-3H3. The Morgan fingerprint density at radius 3 is 2.71 bits per heavy atom. The molecule has 3 heteroatoms. The summed E-state index contributed by atoms with van der Waals surface area (Å²) in [6, 6.07) is 10.2. The monoisotopic (exact) mass is 230 g/mol. The summed E-state index contributed by atoms with van der Waals surface area (Å²) in [5.41, 5.74) is 4.98. The van der Waals surface area contributed by atoms with Gasteiger partial charge in [0, 0.05) is 18.1 Å². The van der Waals surface area contributed by atoms with E-state index in [2.05, 4.69) is 28.7 Å². The molecular weight excluding hydrogens is 212 g/mol. The molecule has 0 bridgehead atoms. The van der Waals surface area contributed by atoms with E-state index in [9.17, 15) is 0 Å². The maximum Gasteiger partial charge on any atom is 0.0813 e. The maximum atomic E-state index is 5.50. The summed E-state index contributed by atoms with van der Waals surface area (Å²) in [6.07, 6.45) is 1.82. The van der Waals surface area contributed by atoms with Crippen LogP contribution in [0, 0.1) is 0 Å². The van der Waals surface area contributed by atoms with Crippen LogP contribution in [-0.4, -0.2) is 10.6 Å². The van der Waals surface area contributed by atoms with Crippen LogP contribution < -0.4 is 5.48 Å². The second-order valence-electron chi connectivity index (χ2n) is 5.03. The van der Waals surface area contributed by atoms with Crippen molar-refractivity contribution in [2.75, 3.05) is 0 Å². The normalized spacial score (nSPS) is 11.9. The Kier molecular flexibility index (Phi) is 3.41. The topological polar surface area (TPSA) is 34.1 Å². The Morgan fingerprint density at radius 1 is 1.18 bits per heavy atom. The molecule has 2 rings (SSSR count). The lowest BCUT2D eigenvalue weighted by molar-refractivity contribution is -0.0756. The Bertz CT molecular complexity index is 498. The Morgan fingerprint density at radius 2 is 1.94 bits per heavy atom. The highest BCUT2D eigenvalue weighted by Gasteiger charge is 2.10. The molecule has 3 nitrogen and oxygen atoms in total. The van der Waals surface area contributed by atoms with Gasteiger partial charge in [0.1, 0.15) is 0 Å². The van der Waals surface area contributed by atoms with Crippen LogP contribution in [0.5, 0.6) is 0 Å². The van der Waals surface area contributed by atoms with Gasteiger partial charge in [-0.05, 0) is 32.4 Å². The third kappa shape index (κ3) is 3.25. The minimum atomic E-state index is -0.183. The minimum absolute atomic E-state index is 0.183. The van der Waals surface area contributed by atoms with Gasteiger partial charge in [-0.2, -0.15) is 5.48 Å². The molecule has 0 saturated carbocycles.